The first kappa shape index (κ1) is 18.3. The van der Waals surface area contributed by atoms with Gasteiger partial charge in [-0.15, -0.1) is 0 Å². The van der Waals surface area contributed by atoms with Crippen LogP contribution in [0.1, 0.15) is 26.3 Å². The molecule has 1 aromatic rings. The Morgan fingerprint density at radius 3 is 2.58 bits per heavy atom. The maximum absolute atomic E-state index is 12.3. The molecule has 1 aliphatic heterocycles. The zero-order valence-corrected chi connectivity index (χ0v) is 15.2. The number of hydrogen-bond acceptors (Lipinski definition) is 4. The third-order valence-electron chi connectivity index (χ3n) is 3.63. The van der Waals surface area contributed by atoms with E-state index in [1.54, 1.807) is 0 Å². The van der Waals surface area contributed by atoms with E-state index in [9.17, 15) is 14.4 Å². The SMILES string of the molecule is Cc1ccccc1NC(=O)CN1C(=O)CS/C1=C\C(=O)C(C)(C)C. The molecule has 2 rings (SSSR count). The number of aryl methyl sites for hydroxylation is 1. The standard InChI is InChI=1S/C18H22N2O3S/c1-12-7-5-6-8-13(12)19-15(22)10-20-16(23)11-24-17(20)9-14(21)18(2,3)4/h5-9H,10-11H2,1-4H3,(H,19,22)/b17-9-. The average Bonchev–Trinajstić information content (AvgIpc) is 2.81. The number of allylic oxidation sites excluding steroid dienone is 1. The Hall–Kier alpha value is -2.08. The minimum Gasteiger partial charge on any atom is -0.324 e. The topological polar surface area (TPSA) is 66.5 Å². The van der Waals surface area contributed by atoms with Crippen LogP contribution in [0.3, 0.4) is 0 Å². The predicted molar refractivity (Wildman–Crippen MR) is 96.5 cm³/mol. The van der Waals surface area contributed by atoms with Crippen molar-refractivity contribution in [3.63, 3.8) is 0 Å². The molecule has 1 N–H and O–H groups in total. The molecule has 1 aliphatic rings. The van der Waals surface area contributed by atoms with Gasteiger partial charge in [0.1, 0.15) is 6.54 Å². The van der Waals surface area contributed by atoms with Crippen molar-refractivity contribution in [2.24, 2.45) is 5.41 Å². The summed E-state index contributed by atoms with van der Waals surface area (Å²) in [5.41, 5.74) is 1.15. The van der Waals surface area contributed by atoms with Crippen LogP contribution < -0.4 is 5.32 Å². The van der Waals surface area contributed by atoms with Crippen LogP contribution in [0.15, 0.2) is 35.4 Å². The first-order valence-electron chi connectivity index (χ1n) is 7.73. The van der Waals surface area contributed by atoms with Crippen LogP contribution in [0, 0.1) is 12.3 Å². The molecule has 0 saturated carbocycles. The van der Waals surface area contributed by atoms with Crippen molar-refractivity contribution in [1.82, 2.24) is 4.90 Å². The summed E-state index contributed by atoms with van der Waals surface area (Å²) in [6.45, 7) is 7.28. The molecule has 1 aromatic carbocycles. The fraction of sp³-hybridized carbons (Fsp3) is 0.389. The fourth-order valence-corrected chi connectivity index (χ4v) is 3.02. The molecular formula is C18H22N2O3S. The van der Waals surface area contributed by atoms with Crippen molar-refractivity contribution < 1.29 is 14.4 Å². The van der Waals surface area contributed by atoms with Gasteiger partial charge in [0, 0.05) is 17.2 Å². The molecule has 0 bridgehead atoms. The second-order valence-electron chi connectivity index (χ2n) is 6.73. The van der Waals surface area contributed by atoms with Gasteiger partial charge in [-0.05, 0) is 18.6 Å². The Bertz CT molecular complexity index is 704. The Kier molecular flexibility index (Phi) is 5.49. The van der Waals surface area contributed by atoms with Gasteiger partial charge in [0.2, 0.25) is 11.8 Å². The lowest BCUT2D eigenvalue weighted by atomic mass is 9.91. The monoisotopic (exact) mass is 346 g/mol. The van der Waals surface area contributed by atoms with E-state index in [0.29, 0.717) is 5.03 Å². The highest BCUT2D eigenvalue weighted by Crippen LogP contribution is 2.30. The molecule has 2 amide bonds. The Balaban J connectivity index is 2.10. The first-order chi connectivity index (χ1) is 11.2. The third kappa shape index (κ3) is 4.47. The van der Waals surface area contributed by atoms with E-state index in [2.05, 4.69) is 5.32 Å². The molecule has 5 nitrogen and oxygen atoms in total. The molecule has 0 aromatic heterocycles. The third-order valence-corrected chi connectivity index (χ3v) is 4.65. The van der Waals surface area contributed by atoms with Crippen LogP contribution in [0.5, 0.6) is 0 Å². The Morgan fingerprint density at radius 1 is 1.29 bits per heavy atom. The normalized spacial score (nSPS) is 16.6. The maximum atomic E-state index is 12.3. The number of benzene rings is 1. The van der Waals surface area contributed by atoms with Gasteiger partial charge < -0.3 is 5.32 Å². The van der Waals surface area contributed by atoms with E-state index in [0.717, 1.165) is 11.3 Å². The summed E-state index contributed by atoms with van der Waals surface area (Å²) < 4.78 is 0. The number of para-hydroxylation sites is 1. The maximum Gasteiger partial charge on any atom is 0.244 e. The quantitative estimate of drug-likeness (QED) is 0.851. The van der Waals surface area contributed by atoms with Crippen molar-refractivity contribution in [2.75, 3.05) is 17.6 Å². The molecule has 1 fully saturated rings. The summed E-state index contributed by atoms with van der Waals surface area (Å²) in [6, 6.07) is 7.45. The first-order valence-corrected chi connectivity index (χ1v) is 8.72. The summed E-state index contributed by atoms with van der Waals surface area (Å²) >= 11 is 1.29. The van der Waals surface area contributed by atoms with Crippen LogP contribution in [0.4, 0.5) is 5.69 Å². The minimum absolute atomic E-state index is 0.0657. The van der Waals surface area contributed by atoms with E-state index in [4.69, 9.17) is 0 Å². The Labute approximate surface area is 146 Å². The molecule has 24 heavy (non-hydrogen) atoms. The van der Waals surface area contributed by atoms with Gasteiger partial charge >= 0.3 is 0 Å². The Morgan fingerprint density at radius 2 is 1.96 bits per heavy atom. The van der Waals surface area contributed by atoms with Gasteiger partial charge in [0.25, 0.3) is 0 Å². The van der Waals surface area contributed by atoms with E-state index >= 15 is 0 Å². The smallest absolute Gasteiger partial charge is 0.244 e. The summed E-state index contributed by atoms with van der Waals surface area (Å²) in [7, 11) is 0. The van der Waals surface area contributed by atoms with Crippen LogP contribution in [-0.2, 0) is 14.4 Å². The molecule has 0 unspecified atom stereocenters. The molecule has 1 heterocycles. The summed E-state index contributed by atoms with van der Waals surface area (Å²) in [6.07, 6.45) is 1.47. The number of nitrogens with zero attached hydrogens (tertiary/aromatic N) is 1. The zero-order chi connectivity index (χ0) is 17.9. The molecule has 128 valence electrons. The van der Waals surface area contributed by atoms with Gasteiger partial charge in [0.05, 0.1) is 10.8 Å². The molecule has 6 heteroatoms. The number of carbonyl (C=O) groups excluding carboxylic acids is 3. The van der Waals surface area contributed by atoms with Crippen molar-refractivity contribution >= 4 is 35.0 Å². The predicted octanol–water partition coefficient (Wildman–Crippen LogP) is 2.97. The van der Waals surface area contributed by atoms with Crippen LogP contribution in [0.2, 0.25) is 0 Å². The fourth-order valence-electron chi connectivity index (χ4n) is 2.08. The molecular weight excluding hydrogens is 324 g/mol. The van der Waals surface area contributed by atoms with E-state index in [-0.39, 0.29) is 29.9 Å². The second kappa shape index (κ2) is 7.21. The second-order valence-corrected chi connectivity index (χ2v) is 7.72. The van der Waals surface area contributed by atoms with Crippen LogP contribution >= 0.6 is 11.8 Å². The van der Waals surface area contributed by atoms with E-state index < -0.39 is 5.41 Å². The lowest BCUT2D eigenvalue weighted by molar-refractivity contribution is -0.129. The van der Waals surface area contributed by atoms with Crippen molar-refractivity contribution in [3.8, 4) is 0 Å². The molecule has 0 spiro atoms. The number of hydrogen-bond donors (Lipinski definition) is 1. The van der Waals surface area contributed by atoms with Crippen LogP contribution in [0.25, 0.3) is 0 Å². The number of thioether (sulfide) groups is 1. The van der Waals surface area contributed by atoms with Gasteiger partial charge in [-0.25, -0.2) is 0 Å². The van der Waals surface area contributed by atoms with Gasteiger partial charge in [-0.2, -0.15) is 0 Å². The number of anilines is 1. The van der Waals surface area contributed by atoms with Gasteiger partial charge in [-0.1, -0.05) is 50.7 Å². The molecule has 0 aliphatic carbocycles. The minimum atomic E-state index is -0.520. The molecule has 0 radical (unpaired) electrons. The highest BCUT2D eigenvalue weighted by Gasteiger charge is 2.30. The molecule has 1 saturated heterocycles. The van der Waals surface area contributed by atoms with E-state index in [1.807, 2.05) is 52.0 Å². The lowest BCUT2D eigenvalue weighted by Gasteiger charge is -2.19. The number of nitrogens with one attached hydrogen (secondary N) is 1. The average molecular weight is 346 g/mol. The van der Waals surface area contributed by atoms with E-state index in [1.165, 1.54) is 22.7 Å². The van der Waals surface area contributed by atoms with Gasteiger partial charge in [0.15, 0.2) is 5.78 Å². The summed E-state index contributed by atoms with van der Waals surface area (Å²) in [4.78, 5) is 37.9. The number of ketones is 1. The number of amides is 2. The largest absolute Gasteiger partial charge is 0.324 e. The number of carbonyl (C=O) groups is 3. The summed E-state index contributed by atoms with van der Waals surface area (Å²) in [5, 5.41) is 3.35. The van der Waals surface area contributed by atoms with Crippen molar-refractivity contribution in [1.29, 1.82) is 0 Å². The molecule has 0 atom stereocenters. The van der Waals surface area contributed by atoms with Crippen LogP contribution in [-0.4, -0.2) is 34.8 Å². The van der Waals surface area contributed by atoms with Crippen molar-refractivity contribution in [3.05, 3.63) is 40.9 Å². The van der Waals surface area contributed by atoms with Crippen molar-refractivity contribution in [2.45, 2.75) is 27.7 Å². The highest BCUT2D eigenvalue weighted by molar-refractivity contribution is 8.04. The summed E-state index contributed by atoms with van der Waals surface area (Å²) in [5.74, 6) is -0.257. The van der Waals surface area contributed by atoms with Gasteiger partial charge in [-0.3, -0.25) is 19.3 Å². The lowest BCUT2D eigenvalue weighted by Crippen LogP contribution is -2.34. The highest BCUT2D eigenvalue weighted by atomic mass is 32.2. The zero-order valence-electron chi connectivity index (χ0n) is 14.4. The number of rotatable bonds is 4.